The average Bonchev–Trinajstić information content (AvgIpc) is 3.28. The monoisotopic (exact) mass is 421 g/mol. The first-order chi connectivity index (χ1) is 14.6. The SMILES string of the molecule is O=C(CCc1nc2ccccc2n(Cc2ccccc2Cl)c1=O)NCc1ccco1. The molecule has 2 aromatic carbocycles. The number of benzene rings is 2. The van der Waals surface area contributed by atoms with Crippen LogP contribution < -0.4 is 10.9 Å². The summed E-state index contributed by atoms with van der Waals surface area (Å²) in [6.07, 6.45) is 1.96. The molecule has 0 atom stereocenters. The van der Waals surface area contributed by atoms with Gasteiger partial charge in [-0.3, -0.25) is 9.59 Å². The zero-order chi connectivity index (χ0) is 20.9. The van der Waals surface area contributed by atoms with E-state index >= 15 is 0 Å². The number of amides is 1. The Balaban J connectivity index is 1.57. The van der Waals surface area contributed by atoms with Crippen molar-refractivity contribution in [3.8, 4) is 0 Å². The molecule has 0 aliphatic carbocycles. The van der Waals surface area contributed by atoms with Crippen LogP contribution in [0.5, 0.6) is 0 Å². The van der Waals surface area contributed by atoms with E-state index in [0.29, 0.717) is 35.1 Å². The van der Waals surface area contributed by atoms with Crippen LogP contribution in [0, 0.1) is 0 Å². The van der Waals surface area contributed by atoms with E-state index in [4.69, 9.17) is 16.0 Å². The molecule has 0 bridgehead atoms. The Labute approximate surface area is 178 Å². The van der Waals surface area contributed by atoms with Gasteiger partial charge in [0.15, 0.2) is 0 Å². The Morgan fingerprint density at radius 1 is 1.07 bits per heavy atom. The molecule has 152 valence electrons. The fourth-order valence-electron chi connectivity index (χ4n) is 3.28. The van der Waals surface area contributed by atoms with Gasteiger partial charge in [-0.1, -0.05) is 41.9 Å². The molecule has 0 unspecified atom stereocenters. The molecular weight excluding hydrogens is 402 g/mol. The molecule has 6 nitrogen and oxygen atoms in total. The van der Waals surface area contributed by atoms with Gasteiger partial charge in [-0.15, -0.1) is 0 Å². The number of para-hydroxylation sites is 2. The second-order valence-electron chi connectivity index (χ2n) is 6.89. The van der Waals surface area contributed by atoms with Crippen LogP contribution in [0.25, 0.3) is 11.0 Å². The standard InChI is InChI=1S/C23H20ClN3O3/c24-18-8-2-1-6-16(18)15-27-21-10-4-3-9-19(21)26-20(23(27)29)11-12-22(28)25-14-17-7-5-13-30-17/h1-10,13H,11-12,14-15H2,(H,25,28). The van der Waals surface area contributed by atoms with Crippen molar-refractivity contribution in [2.24, 2.45) is 0 Å². The van der Waals surface area contributed by atoms with Crippen LogP contribution in [0.1, 0.15) is 23.4 Å². The van der Waals surface area contributed by atoms with Crippen molar-refractivity contribution in [1.29, 1.82) is 0 Å². The van der Waals surface area contributed by atoms with E-state index in [1.807, 2.05) is 42.5 Å². The third-order valence-corrected chi connectivity index (χ3v) is 5.20. The van der Waals surface area contributed by atoms with Crippen molar-refractivity contribution in [3.63, 3.8) is 0 Å². The molecule has 0 radical (unpaired) electrons. The number of furan rings is 1. The Morgan fingerprint density at radius 2 is 1.87 bits per heavy atom. The summed E-state index contributed by atoms with van der Waals surface area (Å²) in [6, 6.07) is 18.5. The molecule has 1 N–H and O–H groups in total. The van der Waals surface area contributed by atoms with Gasteiger partial charge in [0, 0.05) is 17.9 Å². The minimum Gasteiger partial charge on any atom is -0.467 e. The highest BCUT2D eigenvalue weighted by atomic mass is 35.5. The summed E-state index contributed by atoms with van der Waals surface area (Å²) in [6.45, 7) is 0.646. The van der Waals surface area contributed by atoms with Gasteiger partial charge < -0.3 is 14.3 Å². The van der Waals surface area contributed by atoms with Gasteiger partial charge in [0.05, 0.1) is 30.4 Å². The third kappa shape index (κ3) is 4.44. The Kier molecular flexibility index (Phi) is 5.95. The van der Waals surface area contributed by atoms with Crippen LogP contribution >= 0.6 is 11.6 Å². The summed E-state index contributed by atoms with van der Waals surface area (Å²) in [7, 11) is 0. The van der Waals surface area contributed by atoms with Gasteiger partial charge in [0.2, 0.25) is 5.91 Å². The van der Waals surface area contributed by atoms with Gasteiger partial charge in [0.25, 0.3) is 5.56 Å². The zero-order valence-corrected chi connectivity index (χ0v) is 16.9. The molecule has 4 rings (SSSR count). The first-order valence-electron chi connectivity index (χ1n) is 9.63. The second-order valence-corrected chi connectivity index (χ2v) is 7.29. The van der Waals surface area contributed by atoms with Crippen molar-refractivity contribution in [1.82, 2.24) is 14.9 Å². The molecule has 2 heterocycles. The maximum atomic E-state index is 13.2. The molecule has 7 heteroatoms. The van der Waals surface area contributed by atoms with Crippen molar-refractivity contribution in [2.75, 3.05) is 0 Å². The van der Waals surface area contributed by atoms with E-state index in [0.717, 1.165) is 11.1 Å². The number of halogens is 1. The summed E-state index contributed by atoms with van der Waals surface area (Å²) in [5.41, 5.74) is 2.42. The van der Waals surface area contributed by atoms with Crippen LogP contribution in [0.2, 0.25) is 5.02 Å². The molecule has 1 amide bonds. The number of nitrogens with one attached hydrogen (secondary N) is 1. The molecule has 0 aliphatic heterocycles. The fraction of sp³-hybridized carbons (Fsp3) is 0.174. The lowest BCUT2D eigenvalue weighted by Crippen LogP contribution is -2.28. The van der Waals surface area contributed by atoms with E-state index < -0.39 is 0 Å². The number of aromatic nitrogens is 2. The van der Waals surface area contributed by atoms with Crippen LogP contribution in [0.4, 0.5) is 0 Å². The molecule has 0 spiro atoms. The van der Waals surface area contributed by atoms with Crippen molar-refractivity contribution < 1.29 is 9.21 Å². The Bertz CT molecular complexity index is 1230. The smallest absolute Gasteiger partial charge is 0.273 e. The van der Waals surface area contributed by atoms with Gasteiger partial charge in [-0.05, 0) is 35.9 Å². The highest BCUT2D eigenvalue weighted by molar-refractivity contribution is 6.31. The summed E-state index contributed by atoms with van der Waals surface area (Å²) < 4.78 is 6.87. The lowest BCUT2D eigenvalue weighted by molar-refractivity contribution is -0.121. The quantitative estimate of drug-likeness (QED) is 0.490. The minimum atomic E-state index is -0.215. The van der Waals surface area contributed by atoms with E-state index in [1.165, 1.54) is 0 Å². The molecule has 0 saturated carbocycles. The van der Waals surface area contributed by atoms with Crippen LogP contribution in [0.15, 0.2) is 76.1 Å². The molecular formula is C23H20ClN3O3. The van der Waals surface area contributed by atoms with Crippen LogP contribution in [-0.2, 0) is 24.3 Å². The Hall–Kier alpha value is -3.38. The molecule has 30 heavy (non-hydrogen) atoms. The number of hydrogen-bond acceptors (Lipinski definition) is 4. The number of nitrogens with zero attached hydrogens (tertiary/aromatic N) is 2. The first-order valence-corrected chi connectivity index (χ1v) is 10.0. The topological polar surface area (TPSA) is 77.1 Å². The lowest BCUT2D eigenvalue weighted by atomic mass is 10.2. The number of aryl methyl sites for hydroxylation is 1. The summed E-state index contributed by atoms with van der Waals surface area (Å²) in [5, 5.41) is 3.39. The predicted octanol–water partition coefficient (Wildman–Crippen LogP) is 3.94. The summed E-state index contributed by atoms with van der Waals surface area (Å²) in [5.74, 6) is 0.507. The normalized spacial score (nSPS) is 11.0. The minimum absolute atomic E-state index is 0.160. The summed E-state index contributed by atoms with van der Waals surface area (Å²) in [4.78, 5) is 29.9. The molecule has 2 aromatic heterocycles. The number of rotatable bonds is 7. The number of carbonyl (C=O) groups is 1. The lowest BCUT2D eigenvalue weighted by Gasteiger charge is -2.13. The van der Waals surface area contributed by atoms with Crippen molar-refractivity contribution in [2.45, 2.75) is 25.9 Å². The summed E-state index contributed by atoms with van der Waals surface area (Å²) >= 11 is 6.31. The molecule has 4 aromatic rings. The average molecular weight is 422 g/mol. The Morgan fingerprint density at radius 3 is 2.67 bits per heavy atom. The van der Waals surface area contributed by atoms with Crippen molar-refractivity contribution in [3.05, 3.63) is 99.3 Å². The zero-order valence-electron chi connectivity index (χ0n) is 16.2. The number of fused-ring (bicyclic) bond motifs is 1. The fourth-order valence-corrected chi connectivity index (χ4v) is 3.48. The van der Waals surface area contributed by atoms with Crippen LogP contribution in [-0.4, -0.2) is 15.5 Å². The number of carbonyl (C=O) groups excluding carboxylic acids is 1. The maximum Gasteiger partial charge on any atom is 0.273 e. The van der Waals surface area contributed by atoms with Gasteiger partial charge in [0.1, 0.15) is 11.5 Å². The van der Waals surface area contributed by atoms with Gasteiger partial charge in [-0.25, -0.2) is 4.98 Å². The van der Waals surface area contributed by atoms with Crippen molar-refractivity contribution >= 4 is 28.5 Å². The molecule has 0 saturated heterocycles. The first kappa shape index (κ1) is 19.9. The number of hydrogen-bond donors (Lipinski definition) is 1. The highest BCUT2D eigenvalue weighted by Crippen LogP contribution is 2.18. The third-order valence-electron chi connectivity index (χ3n) is 4.84. The highest BCUT2D eigenvalue weighted by Gasteiger charge is 2.14. The van der Waals surface area contributed by atoms with E-state index in [2.05, 4.69) is 10.3 Å². The predicted molar refractivity (Wildman–Crippen MR) is 115 cm³/mol. The molecule has 0 fully saturated rings. The largest absolute Gasteiger partial charge is 0.467 e. The van der Waals surface area contributed by atoms with Gasteiger partial charge >= 0.3 is 0 Å². The van der Waals surface area contributed by atoms with Gasteiger partial charge in [-0.2, -0.15) is 0 Å². The molecule has 0 aliphatic rings. The van der Waals surface area contributed by atoms with E-state index in [1.54, 1.807) is 29.0 Å². The van der Waals surface area contributed by atoms with E-state index in [-0.39, 0.29) is 24.3 Å². The van der Waals surface area contributed by atoms with Crippen LogP contribution in [0.3, 0.4) is 0 Å². The maximum absolute atomic E-state index is 13.2. The van der Waals surface area contributed by atoms with E-state index in [9.17, 15) is 9.59 Å². The second kappa shape index (κ2) is 8.97.